The van der Waals surface area contributed by atoms with Crippen LogP contribution in [0.5, 0.6) is 5.75 Å². The second-order valence-electron chi connectivity index (χ2n) is 13.9. The number of benzene rings is 1. The Balaban J connectivity index is 1.56. The van der Waals surface area contributed by atoms with Crippen LogP contribution in [0.25, 0.3) is 0 Å². The number of primary amides is 1. The predicted octanol–water partition coefficient (Wildman–Crippen LogP) is 1.01. The average molecular weight is 571 g/mol. The molecule has 11 nitrogen and oxygen atoms in total. The summed E-state index contributed by atoms with van der Waals surface area (Å²) in [6, 6.07) is 2.66. The number of ketones is 2. The van der Waals surface area contributed by atoms with E-state index in [9.17, 15) is 34.8 Å². The van der Waals surface area contributed by atoms with Crippen LogP contribution < -0.4 is 16.4 Å². The number of Topliss-reactive ketones (excluding diaryl/α,β-unsaturated/α-hetero) is 2. The second-order valence-corrected chi connectivity index (χ2v) is 13.9. The SMILES string of the molecule is CN(C)[C@@H]1C(O)C(C(N)=O)C(=O)[C@@]2(O)C(O)=C3C(=O)c4c(ccc(NC5CC(C)(C)NC(C)(C)C5)c4O)C[C@H]3C[C@@H]12. The van der Waals surface area contributed by atoms with E-state index in [0.717, 1.165) is 12.8 Å². The smallest absolute Gasteiger partial charge is 0.230 e. The molecule has 0 radical (unpaired) electrons. The minimum atomic E-state index is -2.59. The van der Waals surface area contributed by atoms with E-state index in [1.165, 1.54) is 0 Å². The first-order valence-corrected chi connectivity index (χ1v) is 14.2. The van der Waals surface area contributed by atoms with E-state index >= 15 is 0 Å². The number of aromatic hydroxyl groups is 1. The van der Waals surface area contributed by atoms with Crippen LogP contribution in [0, 0.1) is 17.8 Å². The molecule has 5 rings (SSSR count). The third-order valence-corrected chi connectivity index (χ3v) is 9.52. The van der Waals surface area contributed by atoms with Crippen LogP contribution in [0.1, 0.15) is 62.9 Å². The van der Waals surface area contributed by atoms with Crippen LogP contribution >= 0.6 is 0 Å². The Hall–Kier alpha value is -2.99. The molecule has 11 heteroatoms. The lowest BCUT2D eigenvalue weighted by Crippen LogP contribution is -2.71. The molecular formula is C30H42N4O7. The number of carbonyl (C=O) groups is 3. The molecule has 0 bridgehead atoms. The third kappa shape index (κ3) is 4.54. The summed E-state index contributed by atoms with van der Waals surface area (Å²) in [5.74, 6) is -7.35. The van der Waals surface area contributed by atoms with Gasteiger partial charge in [-0.1, -0.05) is 6.07 Å². The molecule has 1 aromatic rings. The van der Waals surface area contributed by atoms with E-state index in [4.69, 9.17) is 5.73 Å². The van der Waals surface area contributed by atoms with E-state index in [-0.39, 0.29) is 46.8 Å². The first-order valence-electron chi connectivity index (χ1n) is 14.2. The second kappa shape index (κ2) is 9.52. The van der Waals surface area contributed by atoms with Crippen molar-refractivity contribution >= 4 is 23.2 Å². The summed E-state index contributed by atoms with van der Waals surface area (Å²) in [5.41, 5.74) is 3.40. The number of hydrogen-bond donors (Lipinski definition) is 7. The number of nitrogens with two attached hydrogens (primary N) is 1. The standard InChI is InChI=1S/C30H42N4O7/c1-28(2)11-15(12-29(3,4)33-28)32-17-8-7-13-9-14-10-16-21(34(5)6)24(37)20(27(31)40)26(39)30(16,41)25(38)19(14)23(36)18(13)22(17)35/h7-8,14-16,20-21,24,32-33,35,37-38,41H,9-12H2,1-6H3,(H2,31,40)/t14-,16-,20?,21-,24?,30-/m0/s1. The molecule has 4 aliphatic rings. The third-order valence-electron chi connectivity index (χ3n) is 9.52. The first kappa shape index (κ1) is 29.5. The van der Waals surface area contributed by atoms with Crippen LogP contribution in [0.3, 0.4) is 0 Å². The number of hydrogen-bond acceptors (Lipinski definition) is 10. The van der Waals surface area contributed by atoms with Gasteiger partial charge in [-0.05, 0) is 85.0 Å². The molecule has 8 N–H and O–H groups in total. The number of phenolic OH excluding ortho intramolecular Hbond substituents is 1. The molecule has 224 valence electrons. The van der Waals surface area contributed by atoms with Gasteiger partial charge in [-0.3, -0.25) is 14.4 Å². The Labute approximate surface area is 239 Å². The summed E-state index contributed by atoms with van der Waals surface area (Å²) in [6.07, 6.45) is 0.441. The number of likely N-dealkylation sites (N-methyl/N-ethyl adjacent to an activating group) is 1. The number of nitrogens with one attached hydrogen (secondary N) is 2. The van der Waals surface area contributed by atoms with Crippen molar-refractivity contribution in [2.75, 3.05) is 19.4 Å². The highest BCUT2D eigenvalue weighted by molar-refractivity contribution is 6.16. The Kier molecular flexibility index (Phi) is 6.85. The van der Waals surface area contributed by atoms with E-state index in [1.54, 1.807) is 31.1 Å². The number of anilines is 1. The first-order chi connectivity index (χ1) is 18.9. The molecule has 0 aromatic heterocycles. The number of carbonyl (C=O) groups excluding carboxylic acids is 3. The number of aliphatic hydroxyl groups excluding tert-OH is 2. The van der Waals surface area contributed by atoms with Crippen molar-refractivity contribution in [3.05, 3.63) is 34.6 Å². The lowest BCUT2D eigenvalue weighted by molar-refractivity contribution is -0.178. The summed E-state index contributed by atoms with van der Waals surface area (Å²) in [5, 5.41) is 52.6. The monoisotopic (exact) mass is 570 g/mol. The topological polar surface area (TPSA) is 185 Å². The van der Waals surface area contributed by atoms with Gasteiger partial charge in [-0.25, -0.2) is 0 Å². The number of nitrogens with zero attached hydrogens (tertiary/aromatic N) is 1. The number of piperidine rings is 1. The fraction of sp³-hybridized carbons (Fsp3) is 0.633. The summed E-state index contributed by atoms with van der Waals surface area (Å²) in [4.78, 5) is 41.2. The van der Waals surface area contributed by atoms with E-state index in [2.05, 4.69) is 38.3 Å². The molecule has 1 aliphatic heterocycles. The quantitative estimate of drug-likeness (QED) is 0.203. The average Bonchev–Trinajstić information content (AvgIpc) is 2.80. The summed E-state index contributed by atoms with van der Waals surface area (Å²) < 4.78 is 0. The summed E-state index contributed by atoms with van der Waals surface area (Å²) >= 11 is 0. The molecule has 6 atom stereocenters. The number of fused-ring (bicyclic) bond motifs is 3. The molecule has 41 heavy (non-hydrogen) atoms. The number of phenols is 1. The van der Waals surface area contributed by atoms with E-state index in [0.29, 0.717) is 11.3 Å². The van der Waals surface area contributed by atoms with Crippen LogP contribution in [0.4, 0.5) is 5.69 Å². The molecule has 1 saturated heterocycles. The minimum absolute atomic E-state index is 0.0143. The Bertz CT molecular complexity index is 1340. The van der Waals surface area contributed by atoms with Gasteiger partial charge >= 0.3 is 0 Å². The number of allylic oxidation sites excluding steroid dienone is 1. The van der Waals surface area contributed by atoms with Gasteiger partial charge in [0.2, 0.25) is 5.91 Å². The van der Waals surface area contributed by atoms with Gasteiger partial charge in [-0.15, -0.1) is 0 Å². The molecular weight excluding hydrogens is 528 g/mol. The molecule has 0 spiro atoms. The van der Waals surface area contributed by atoms with Gasteiger partial charge in [0, 0.05) is 34.7 Å². The van der Waals surface area contributed by atoms with Gasteiger partial charge in [0.25, 0.3) is 0 Å². The normalized spacial score (nSPS) is 34.6. The maximum absolute atomic E-state index is 14.0. The van der Waals surface area contributed by atoms with Crippen molar-refractivity contribution in [2.24, 2.45) is 23.5 Å². The van der Waals surface area contributed by atoms with Gasteiger partial charge < -0.3 is 41.7 Å². The highest BCUT2D eigenvalue weighted by Crippen LogP contribution is 2.53. The van der Waals surface area contributed by atoms with Gasteiger partial charge in [0.1, 0.15) is 17.4 Å². The number of aliphatic hydroxyl groups is 3. The minimum Gasteiger partial charge on any atom is -0.508 e. The van der Waals surface area contributed by atoms with Gasteiger partial charge in [0.15, 0.2) is 17.2 Å². The van der Waals surface area contributed by atoms with Gasteiger partial charge in [-0.2, -0.15) is 0 Å². The van der Waals surface area contributed by atoms with Gasteiger partial charge in [0.05, 0.1) is 17.4 Å². The van der Waals surface area contributed by atoms with Crippen molar-refractivity contribution in [2.45, 2.75) is 88.2 Å². The molecule has 2 fully saturated rings. The maximum atomic E-state index is 14.0. The molecule has 1 saturated carbocycles. The zero-order chi connectivity index (χ0) is 30.4. The Morgan fingerprint density at radius 3 is 2.27 bits per heavy atom. The molecule has 1 aromatic carbocycles. The van der Waals surface area contributed by atoms with E-state index in [1.807, 2.05) is 0 Å². The molecule has 2 unspecified atom stereocenters. The van der Waals surface area contributed by atoms with Crippen LogP contribution in [-0.4, -0.2) is 91.8 Å². The van der Waals surface area contributed by atoms with Crippen molar-refractivity contribution in [1.29, 1.82) is 0 Å². The Morgan fingerprint density at radius 1 is 1.10 bits per heavy atom. The summed E-state index contributed by atoms with van der Waals surface area (Å²) in [6.45, 7) is 8.46. The molecule has 3 aliphatic carbocycles. The lowest BCUT2D eigenvalue weighted by Gasteiger charge is -2.53. The maximum Gasteiger partial charge on any atom is 0.230 e. The zero-order valence-electron chi connectivity index (χ0n) is 24.5. The van der Waals surface area contributed by atoms with Crippen molar-refractivity contribution in [3.63, 3.8) is 0 Å². The van der Waals surface area contributed by atoms with Crippen molar-refractivity contribution in [1.82, 2.24) is 10.2 Å². The zero-order valence-corrected chi connectivity index (χ0v) is 24.5. The van der Waals surface area contributed by atoms with Crippen molar-refractivity contribution in [3.8, 4) is 5.75 Å². The van der Waals surface area contributed by atoms with Crippen LogP contribution in [0.2, 0.25) is 0 Å². The highest BCUT2D eigenvalue weighted by Gasteiger charge is 2.66. The van der Waals surface area contributed by atoms with Crippen LogP contribution in [0.15, 0.2) is 23.5 Å². The summed E-state index contributed by atoms with van der Waals surface area (Å²) in [7, 11) is 3.27. The lowest BCUT2D eigenvalue weighted by atomic mass is 9.56. The number of rotatable bonds is 4. The largest absolute Gasteiger partial charge is 0.508 e. The molecule has 1 heterocycles. The molecule has 1 amide bonds. The fourth-order valence-electron chi connectivity index (χ4n) is 8.34. The number of amides is 1. The predicted molar refractivity (Wildman–Crippen MR) is 151 cm³/mol. The van der Waals surface area contributed by atoms with Crippen LogP contribution in [-0.2, 0) is 16.0 Å². The fourth-order valence-corrected chi connectivity index (χ4v) is 8.34. The highest BCUT2D eigenvalue weighted by atomic mass is 16.3. The van der Waals surface area contributed by atoms with E-state index < -0.39 is 58.7 Å². The Morgan fingerprint density at radius 2 is 1.71 bits per heavy atom. The van der Waals surface area contributed by atoms with Crippen molar-refractivity contribution < 1.29 is 34.8 Å².